The van der Waals surface area contributed by atoms with Crippen LogP contribution in [-0.2, 0) is 10.0 Å². The standard InChI is InChI=1S/C23H23N3O2S/c1-16-4-2-3-5-22(16)29(27,28)26-20-14-25-15-21(26)23(20)19-8-6-17(7-9-19)18-10-12-24-13-11-18/h2-13,20-21,23,25H,14-15H2,1H3/t20-,21+,23?. The lowest BCUT2D eigenvalue weighted by Gasteiger charge is -2.58. The number of piperidine rings is 1. The number of nitrogens with one attached hydrogen (secondary N) is 1. The van der Waals surface area contributed by atoms with Crippen molar-refractivity contribution >= 4 is 10.0 Å². The minimum Gasteiger partial charge on any atom is -0.313 e. The Labute approximate surface area is 171 Å². The highest BCUT2D eigenvalue weighted by Crippen LogP contribution is 2.46. The minimum atomic E-state index is -3.50. The summed E-state index contributed by atoms with van der Waals surface area (Å²) in [5, 5.41) is 3.38. The highest BCUT2D eigenvalue weighted by atomic mass is 32.2. The summed E-state index contributed by atoms with van der Waals surface area (Å²) in [5.74, 6) is 0.224. The Morgan fingerprint density at radius 1 is 0.897 bits per heavy atom. The fourth-order valence-corrected chi connectivity index (χ4v) is 6.81. The van der Waals surface area contributed by atoms with Gasteiger partial charge in [-0.2, -0.15) is 4.31 Å². The average Bonchev–Trinajstić information content (AvgIpc) is 2.75. The molecule has 148 valence electrons. The SMILES string of the molecule is Cc1ccccc1S(=O)(=O)N1[C@@H]2CNC[C@H]1C2c1ccc(-c2ccncc2)cc1. The summed E-state index contributed by atoms with van der Waals surface area (Å²) in [6.07, 6.45) is 3.58. The van der Waals surface area contributed by atoms with Crippen LogP contribution in [-0.4, -0.2) is 42.9 Å². The van der Waals surface area contributed by atoms with Crippen molar-refractivity contribution in [3.63, 3.8) is 0 Å². The molecule has 6 heteroatoms. The van der Waals surface area contributed by atoms with Crippen LogP contribution in [0.5, 0.6) is 0 Å². The van der Waals surface area contributed by atoms with Gasteiger partial charge in [-0.1, -0.05) is 42.5 Å². The van der Waals surface area contributed by atoms with E-state index in [1.165, 1.54) is 5.56 Å². The molecule has 1 aromatic heterocycles. The highest BCUT2D eigenvalue weighted by molar-refractivity contribution is 7.89. The predicted octanol–water partition coefficient (Wildman–Crippen LogP) is 3.19. The molecule has 3 atom stereocenters. The monoisotopic (exact) mass is 405 g/mol. The summed E-state index contributed by atoms with van der Waals surface area (Å²) in [4.78, 5) is 4.49. The van der Waals surface area contributed by atoms with E-state index >= 15 is 0 Å². The van der Waals surface area contributed by atoms with E-state index in [1.807, 2.05) is 31.2 Å². The molecule has 0 amide bonds. The molecule has 5 nitrogen and oxygen atoms in total. The van der Waals surface area contributed by atoms with Crippen LogP contribution in [0.25, 0.3) is 11.1 Å². The number of fused-ring (bicyclic) bond motifs is 2. The molecule has 2 fully saturated rings. The van der Waals surface area contributed by atoms with Crippen molar-refractivity contribution in [3.05, 3.63) is 84.2 Å². The minimum absolute atomic E-state index is 0.0508. The van der Waals surface area contributed by atoms with Crippen molar-refractivity contribution in [2.24, 2.45) is 0 Å². The van der Waals surface area contributed by atoms with Gasteiger partial charge in [0, 0.05) is 43.5 Å². The number of aryl methyl sites for hydroxylation is 1. The molecule has 29 heavy (non-hydrogen) atoms. The molecule has 0 saturated carbocycles. The molecule has 1 N–H and O–H groups in total. The number of rotatable bonds is 4. The van der Waals surface area contributed by atoms with Crippen LogP contribution in [0.4, 0.5) is 0 Å². The van der Waals surface area contributed by atoms with Crippen LogP contribution >= 0.6 is 0 Å². The van der Waals surface area contributed by atoms with E-state index in [0.29, 0.717) is 18.0 Å². The molecule has 5 rings (SSSR count). The Hall–Kier alpha value is -2.54. The van der Waals surface area contributed by atoms with Gasteiger partial charge in [-0.05, 0) is 47.4 Å². The molecule has 2 bridgehead atoms. The zero-order valence-electron chi connectivity index (χ0n) is 16.2. The molecule has 0 spiro atoms. The Kier molecular flexibility index (Phi) is 4.50. The van der Waals surface area contributed by atoms with Crippen LogP contribution in [0.1, 0.15) is 17.0 Å². The molecule has 3 aromatic rings. The Morgan fingerprint density at radius 3 is 2.17 bits per heavy atom. The maximum Gasteiger partial charge on any atom is 0.243 e. The summed E-state index contributed by atoms with van der Waals surface area (Å²) in [7, 11) is -3.50. The average molecular weight is 406 g/mol. The van der Waals surface area contributed by atoms with Gasteiger partial charge in [0.05, 0.1) is 4.90 Å². The van der Waals surface area contributed by atoms with Crippen molar-refractivity contribution in [3.8, 4) is 11.1 Å². The molecule has 1 unspecified atom stereocenters. The number of pyridine rings is 1. The summed E-state index contributed by atoms with van der Waals surface area (Å²) >= 11 is 0. The van der Waals surface area contributed by atoms with Gasteiger partial charge >= 0.3 is 0 Å². The largest absolute Gasteiger partial charge is 0.313 e. The van der Waals surface area contributed by atoms with Crippen LogP contribution in [0, 0.1) is 6.92 Å². The Morgan fingerprint density at radius 2 is 1.52 bits per heavy atom. The third-order valence-corrected chi connectivity index (χ3v) is 8.26. The van der Waals surface area contributed by atoms with Gasteiger partial charge in [-0.15, -0.1) is 0 Å². The van der Waals surface area contributed by atoms with Crippen LogP contribution < -0.4 is 5.32 Å². The van der Waals surface area contributed by atoms with Crippen LogP contribution in [0.15, 0.2) is 78.0 Å². The van der Waals surface area contributed by atoms with Crippen molar-refractivity contribution in [2.75, 3.05) is 13.1 Å². The first-order valence-corrected chi connectivity index (χ1v) is 11.3. The number of aromatic nitrogens is 1. The van der Waals surface area contributed by atoms with Gasteiger partial charge < -0.3 is 5.32 Å². The van der Waals surface area contributed by atoms with Crippen LogP contribution in [0.2, 0.25) is 0 Å². The lowest BCUT2D eigenvalue weighted by atomic mass is 9.74. The summed E-state index contributed by atoms with van der Waals surface area (Å²) in [6, 6.07) is 19.6. The van der Waals surface area contributed by atoms with E-state index in [0.717, 1.165) is 16.7 Å². The molecule has 2 aliphatic rings. The van der Waals surface area contributed by atoms with E-state index in [-0.39, 0.29) is 18.0 Å². The van der Waals surface area contributed by atoms with Crippen LogP contribution in [0.3, 0.4) is 0 Å². The van der Waals surface area contributed by atoms with Crippen molar-refractivity contribution in [1.82, 2.24) is 14.6 Å². The first-order chi connectivity index (χ1) is 14.1. The van der Waals surface area contributed by atoms with Gasteiger partial charge in [0.2, 0.25) is 10.0 Å². The topological polar surface area (TPSA) is 62.3 Å². The van der Waals surface area contributed by atoms with Crippen molar-refractivity contribution < 1.29 is 8.42 Å². The molecule has 2 aliphatic heterocycles. The third kappa shape index (κ3) is 2.99. The molecule has 0 radical (unpaired) electrons. The third-order valence-electron chi connectivity index (χ3n) is 6.15. The molecule has 2 aromatic carbocycles. The normalized spacial score (nSPS) is 24.1. The smallest absolute Gasteiger partial charge is 0.243 e. The lowest BCUT2D eigenvalue weighted by Crippen LogP contribution is -2.73. The maximum atomic E-state index is 13.4. The maximum absolute atomic E-state index is 13.4. The number of nitrogens with zero attached hydrogens (tertiary/aromatic N) is 2. The van der Waals surface area contributed by atoms with Crippen molar-refractivity contribution in [2.45, 2.75) is 29.8 Å². The molecular formula is C23H23N3O2S. The first-order valence-electron chi connectivity index (χ1n) is 9.87. The summed E-state index contributed by atoms with van der Waals surface area (Å²) < 4.78 is 28.4. The Balaban J connectivity index is 1.44. The Bertz CT molecular complexity index is 1120. The van der Waals surface area contributed by atoms with E-state index in [4.69, 9.17) is 0 Å². The van der Waals surface area contributed by atoms with Gasteiger partial charge in [0.25, 0.3) is 0 Å². The van der Waals surface area contributed by atoms with Gasteiger partial charge in [0.15, 0.2) is 0 Å². The second kappa shape index (κ2) is 7.06. The zero-order valence-corrected chi connectivity index (χ0v) is 17.0. The molecule has 0 aliphatic carbocycles. The number of hydrogen-bond donors (Lipinski definition) is 1. The predicted molar refractivity (Wildman–Crippen MR) is 113 cm³/mol. The molecule has 3 heterocycles. The molecular weight excluding hydrogens is 382 g/mol. The quantitative estimate of drug-likeness (QED) is 0.724. The number of hydrogen-bond acceptors (Lipinski definition) is 4. The fraction of sp³-hybridized carbons (Fsp3) is 0.261. The molecule has 2 saturated heterocycles. The second-order valence-electron chi connectivity index (χ2n) is 7.78. The van der Waals surface area contributed by atoms with Gasteiger partial charge in [0.1, 0.15) is 0 Å². The van der Waals surface area contributed by atoms with Crippen molar-refractivity contribution in [1.29, 1.82) is 0 Å². The summed E-state index contributed by atoms with van der Waals surface area (Å²) in [5.41, 5.74) is 4.27. The van der Waals surface area contributed by atoms with Gasteiger partial charge in [-0.25, -0.2) is 8.42 Å². The summed E-state index contributed by atoms with van der Waals surface area (Å²) in [6.45, 7) is 3.22. The number of sulfonamides is 1. The fourth-order valence-electron chi connectivity index (χ4n) is 4.73. The van der Waals surface area contributed by atoms with E-state index in [9.17, 15) is 8.42 Å². The van der Waals surface area contributed by atoms with E-state index < -0.39 is 10.0 Å². The highest BCUT2D eigenvalue weighted by Gasteiger charge is 2.56. The van der Waals surface area contributed by atoms with Gasteiger partial charge in [-0.3, -0.25) is 4.98 Å². The van der Waals surface area contributed by atoms with E-state index in [1.54, 1.807) is 28.8 Å². The first kappa shape index (κ1) is 18.5. The van der Waals surface area contributed by atoms with E-state index in [2.05, 4.69) is 34.6 Å². The number of piperazine rings is 1. The lowest BCUT2D eigenvalue weighted by molar-refractivity contribution is 0.0370. The zero-order chi connectivity index (χ0) is 20.0. The second-order valence-corrected chi connectivity index (χ2v) is 9.59. The number of benzene rings is 2.